The van der Waals surface area contributed by atoms with Crippen molar-refractivity contribution in [1.29, 1.82) is 0 Å². The van der Waals surface area contributed by atoms with E-state index in [0.29, 0.717) is 12.3 Å². The number of nitrogen functional groups attached to an aromatic ring is 1. The van der Waals surface area contributed by atoms with E-state index in [1.807, 2.05) is 42.5 Å². The molecule has 4 nitrogen and oxygen atoms in total. The van der Waals surface area contributed by atoms with E-state index in [0.717, 1.165) is 34.3 Å². The van der Waals surface area contributed by atoms with Gasteiger partial charge in [0.25, 0.3) is 5.91 Å². The van der Waals surface area contributed by atoms with Crippen molar-refractivity contribution in [2.45, 2.75) is 25.9 Å². The lowest BCUT2D eigenvalue weighted by molar-refractivity contribution is -0.124. The van der Waals surface area contributed by atoms with Crippen LogP contribution in [0.3, 0.4) is 0 Å². The summed E-state index contributed by atoms with van der Waals surface area (Å²) in [6.07, 6.45) is 1.26. The summed E-state index contributed by atoms with van der Waals surface area (Å²) in [5, 5.41) is 0. The summed E-state index contributed by atoms with van der Waals surface area (Å²) in [7, 11) is 0. The van der Waals surface area contributed by atoms with Crippen LogP contribution in [0.5, 0.6) is 5.75 Å². The molecule has 0 fully saturated rings. The number of benzene rings is 2. The number of carbonyl (C=O) groups is 1. The fourth-order valence-electron chi connectivity index (χ4n) is 2.89. The maximum absolute atomic E-state index is 12.8. The smallest absolute Gasteiger partial charge is 0.267 e. The second-order valence-corrected chi connectivity index (χ2v) is 6.57. The van der Waals surface area contributed by atoms with Gasteiger partial charge in [-0.25, -0.2) is 0 Å². The normalized spacial score (nSPS) is 14.3. The lowest BCUT2D eigenvalue weighted by Crippen LogP contribution is -2.43. The summed E-state index contributed by atoms with van der Waals surface area (Å²) >= 11 is 3.41. The first-order valence-electron chi connectivity index (χ1n) is 7.67. The highest BCUT2D eigenvalue weighted by atomic mass is 79.9. The summed E-state index contributed by atoms with van der Waals surface area (Å²) in [4.78, 5) is 14.6. The Kier molecular flexibility index (Phi) is 6.13. The molecule has 1 heterocycles. The fraction of sp³-hybridized carbons (Fsp3) is 0.278. The van der Waals surface area contributed by atoms with Gasteiger partial charge in [0, 0.05) is 22.4 Å². The molecule has 128 valence electrons. The Balaban J connectivity index is 0.00000208. The Hall–Kier alpha value is -1.72. The molecule has 1 amide bonds. The number of carbonyl (C=O) groups excluding carboxylic acids is 1. The Bertz CT molecular complexity index is 739. The summed E-state index contributed by atoms with van der Waals surface area (Å²) in [5.74, 6) is 0.626. The molecule has 1 aliphatic heterocycles. The van der Waals surface area contributed by atoms with E-state index in [-0.39, 0.29) is 18.3 Å². The zero-order valence-corrected chi connectivity index (χ0v) is 15.8. The monoisotopic (exact) mass is 410 g/mol. The van der Waals surface area contributed by atoms with Gasteiger partial charge in [0.15, 0.2) is 6.10 Å². The van der Waals surface area contributed by atoms with E-state index in [2.05, 4.69) is 15.9 Å². The molecular formula is C18H20BrClN2O2. The lowest BCUT2D eigenvalue weighted by atomic mass is 9.99. The number of hydrogen-bond donors (Lipinski definition) is 1. The molecule has 0 saturated heterocycles. The van der Waals surface area contributed by atoms with E-state index in [1.54, 1.807) is 11.8 Å². The standard InChI is InChI=1S/C18H19BrN2O2.ClH/c1-12(23-14-6-2-5-13(19)11-14)18(22)21-10-4-7-15-16(20)8-3-9-17(15)21;/h2-3,5-6,8-9,11-12H,4,7,10,20H2,1H3;1H. The van der Waals surface area contributed by atoms with Gasteiger partial charge in [-0.2, -0.15) is 0 Å². The second-order valence-electron chi connectivity index (χ2n) is 5.66. The molecule has 1 aliphatic rings. The zero-order chi connectivity index (χ0) is 16.4. The maximum Gasteiger partial charge on any atom is 0.267 e. The highest BCUT2D eigenvalue weighted by Crippen LogP contribution is 2.32. The Morgan fingerprint density at radius 2 is 2.04 bits per heavy atom. The molecule has 0 saturated carbocycles. The van der Waals surface area contributed by atoms with Gasteiger partial charge in [0.05, 0.1) is 0 Å². The van der Waals surface area contributed by atoms with E-state index in [4.69, 9.17) is 10.5 Å². The van der Waals surface area contributed by atoms with Crippen molar-refractivity contribution in [3.63, 3.8) is 0 Å². The van der Waals surface area contributed by atoms with Crippen LogP contribution < -0.4 is 15.4 Å². The topological polar surface area (TPSA) is 55.6 Å². The third-order valence-electron chi connectivity index (χ3n) is 4.01. The molecule has 3 rings (SSSR count). The average Bonchev–Trinajstić information content (AvgIpc) is 2.54. The molecule has 1 atom stereocenters. The van der Waals surface area contributed by atoms with Crippen LogP contribution in [0.1, 0.15) is 18.9 Å². The molecule has 6 heteroatoms. The third-order valence-corrected chi connectivity index (χ3v) is 4.50. The van der Waals surface area contributed by atoms with E-state index >= 15 is 0 Å². The Morgan fingerprint density at radius 3 is 2.79 bits per heavy atom. The van der Waals surface area contributed by atoms with E-state index in [1.165, 1.54) is 0 Å². The molecule has 0 aromatic heterocycles. The van der Waals surface area contributed by atoms with Gasteiger partial charge in [-0.3, -0.25) is 4.79 Å². The molecule has 2 N–H and O–H groups in total. The number of fused-ring (bicyclic) bond motifs is 1. The quantitative estimate of drug-likeness (QED) is 0.770. The third kappa shape index (κ3) is 3.84. The maximum atomic E-state index is 12.8. The van der Waals surface area contributed by atoms with Crippen LogP contribution >= 0.6 is 28.3 Å². The molecule has 0 spiro atoms. The number of rotatable bonds is 3. The van der Waals surface area contributed by atoms with Crippen molar-refractivity contribution < 1.29 is 9.53 Å². The summed E-state index contributed by atoms with van der Waals surface area (Å²) in [5.41, 5.74) is 8.76. The fourth-order valence-corrected chi connectivity index (χ4v) is 3.27. The highest BCUT2D eigenvalue weighted by molar-refractivity contribution is 9.10. The summed E-state index contributed by atoms with van der Waals surface area (Å²) in [6, 6.07) is 13.2. The largest absolute Gasteiger partial charge is 0.481 e. The predicted molar refractivity (Wildman–Crippen MR) is 103 cm³/mol. The molecule has 0 radical (unpaired) electrons. The van der Waals surface area contributed by atoms with Crippen molar-refractivity contribution >= 4 is 45.6 Å². The van der Waals surface area contributed by atoms with Crippen LogP contribution in [-0.4, -0.2) is 18.6 Å². The summed E-state index contributed by atoms with van der Waals surface area (Å²) < 4.78 is 6.72. The van der Waals surface area contributed by atoms with Crippen LogP contribution in [0.2, 0.25) is 0 Å². The minimum Gasteiger partial charge on any atom is -0.481 e. The number of hydrogen-bond acceptors (Lipinski definition) is 3. The van der Waals surface area contributed by atoms with Crippen molar-refractivity contribution in [3.8, 4) is 5.75 Å². The van der Waals surface area contributed by atoms with E-state index in [9.17, 15) is 4.79 Å². The minimum atomic E-state index is -0.559. The molecule has 1 unspecified atom stereocenters. The summed E-state index contributed by atoms with van der Waals surface area (Å²) in [6.45, 7) is 2.48. The van der Waals surface area contributed by atoms with Crippen LogP contribution in [-0.2, 0) is 11.2 Å². The number of anilines is 2. The zero-order valence-electron chi connectivity index (χ0n) is 13.4. The molecule has 2 aromatic carbocycles. The van der Waals surface area contributed by atoms with E-state index < -0.39 is 6.10 Å². The first-order valence-corrected chi connectivity index (χ1v) is 8.46. The van der Waals surface area contributed by atoms with Gasteiger partial charge >= 0.3 is 0 Å². The van der Waals surface area contributed by atoms with Gasteiger partial charge in [-0.1, -0.05) is 28.1 Å². The predicted octanol–water partition coefficient (Wildman–Crippen LogP) is 4.20. The SMILES string of the molecule is CC(Oc1cccc(Br)c1)C(=O)N1CCCc2c(N)cccc21.Cl. The van der Waals surface area contributed by atoms with Gasteiger partial charge in [-0.05, 0) is 55.7 Å². The Morgan fingerprint density at radius 1 is 1.29 bits per heavy atom. The number of nitrogens with zero attached hydrogens (tertiary/aromatic N) is 1. The van der Waals surface area contributed by atoms with Crippen LogP contribution in [0, 0.1) is 0 Å². The molecule has 0 bridgehead atoms. The van der Waals surface area contributed by atoms with Gasteiger partial charge in [-0.15, -0.1) is 12.4 Å². The van der Waals surface area contributed by atoms with Gasteiger partial charge in [0.1, 0.15) is 5.75 Å². The molecule has 24 heavy (non-hydrogen) atoms. The second kappa shape index (κ2) is 7.90. The van der Waals surface area contributed by atoms with Crippen LogP contribution in [0.25, 0.3) is 0 Å². The number of amides is 1. The minimum absolute atomic E-state index is 0. The number of halogens is 2. The molecule has 0 aliphatic carbocycles. The first-order chi connectivity index (χ1) is 11.1. The molecular weight excluding hydrogens is 392 g/mol. The first kappa shape index (κ1) is 18.6. The highest BCUT2D eigenvalue weighted by Gasteiger charge is 2.28. The lowest BCUT2D eigenvalue weighted by Gasteiger charge is -2.32. The van der Waals surface area contributed by atoms with Crippen molar-refractivity contribution in [2.75, 3.05) is 17.2 Å². The Labute approximate surface area is 156 Å². The van der Waals surface area contributed by atoms with Crippen LogP contribution in [0.4, 0.5) is 11.4 Å². The number of ether oxygens (including phenoxy) is 1. The van der Waals surface area contributed by atoms with Gasteiger partial charge in [0.2, 0.25) is 0 Å². The van der Waals surface area contributed by atoms with Gasteiger partial charge < -0.3 is 15.4 Å². The van der Waals surface area contributed by atoms with Crippen molar-refractivity contribution in [1.82, 2.24) is 0 Å². The number of nitrogens with two attached hydrogens (primary N) is 1. The average molecular weight is 412 g/mol. The van der Waals surface area contributed by atoms with Crippen LogP contribution in [0.15, 0.2) is 46.9 Å². The molecule has 2 aromatic rings. The van der Waals surface area contributed by atoms with Crippen molar-refractivity contribution in [2.24, 2.45) is 0 Å². The van der Waals surface area contributed by atoms with Crippen molar-refractivity contribution in [3.05, 3.63) is 52.5 Å².